The molecule has 122 valence electrons. The van der Waals surface area contributed by atoms with E-state index in [4.69, 9.17) is 9.84 Å². The average Bonchev–Trinajstić information content (AvgIpc) is 2.99. The fraction of sp³-hybridized carbons (Fsp3) is 0.938. The van der Waals surface area contributed by atoms with E-state index in [1.165, 1.54) is 25.7 Å². The summed E-state index contributed by atoms with van der Waals surface area (Å²) >= 11 is 0. The second kappa shape index (κ2) is 8.71. The average molecular weight is 298 g/mol. The van der Waals surface area contributed by atoms with Crippen LogP contribution >= 0.6 is 0 Å². The number of aliphatic hydroxyl groups excluding tert-OH is 1. The number of amides is 1. The third-order valence-electron chi connectivity index (χ3n) is 4.79. The smallest absolute Gasteiger partial charge is 0.223 e. The third-order valence-corrected chi connectivity index (χ3v) is 4.79. The molecule has 1 aliphatic carbocycles. The Balaban J connectivity index is 1.80. The number of carbonyl (C=O) groups is 1. The van der Waals surface area contributed by atoms with Gasteiger partial charge < -0.3 is 19.6 Å². The molecule has 0 aromatic rings. The molecule has 2 rings (SSSR count). The van der Waals surface area contributed by atoms with Gasteiger partial charge in [-0.3, -0.25) is 4.79 Å². The molecule has 5 nitrogen and oxygen atoms in total. The molecule has 1 saturated heterocycles. The van der Waals surface area contributed by atoms with Gasteiger partial charge in [-0.05, 0) is 19.4 Å². The van der Waals surface area contributed by atoms with Crippen molar-refractivity contribution in [2.45, 2.75) is 44.6 Å². The summed E-state index contributed by atoms with van der Waals surface area (Å²) in [6.45, 7) is 3.54. The van der Waals surface area contributed by atoms with Crippen LogP contribution in [0.2, 0.25) is 0 Å². The van der Waals surface area contributed by atoms with Gasteiger partial charge in [-0.15, -0.1) is 0 Å². The maximum Gasteiger partial charge on any atom is 0.223 e. The lowest BCUT2D eigenvalue weighted by Gasteiger charge is -2.37. The number of likely N-dealkylation sites (N-methyl/N-ethyl adjacent to an activating group) is 1. The van der Waals surface area contributed by atoms with E-state index >= 15 is 0 Å². The Kier molecular flexibility index (Phi) is 6.93. The maximum absolute atomic E-state index is 12.5. The number of hydrogen-bond donors (Lipinski definition) is 1. The minimum atomic E-state index is 0.131. The minimum Gasteiger partial charge on any atom is -0.395 e. The van der Waals surface area contributed by atoms with Gasteiger partial charge in [0.2, 0.25) is 5.91 Å². The van der Waals surface area contributed by atoms with Crippen molar-refractivity contribution < 1.29 is 14.6 Å². The Morgan fingerprint density at radius 3 is 2.86 bits per heavy atom. The molecule has 0 radical (unpaired) electrons. The Bertz CT molecular complexity index is 319. The first kappa shape index (κ1) is 16.7. The van der Waals surface area contributed by atoms with Crippen molar-refractivity contribution in [3.05, 3.63) is 0 Å². The summed E-state index contributed by atoms with van der Waals surface area (Å²) in [5.74, 6) is 1.05. The molecule has 2 fully saturated rings. The molecule has 21 heavy (non-hydrogen) atoms. The van der Waals surface area contributed by atoms with E-state index < -0.39 is 0 Å². The highest BCUT2D eigenvalue weighted by Crippen LogP contribution is 2.29. The lowest BCUT2D eigenvalue weighted by Crippen LogP contribution is -2.53. The summed E-state index contributed by atoms with van der Waals surface area (Å²) < 4.78 is 5.54. The lowest BCUT2D eigenvalue weighted by atomic mass is 10.0. The molecule has 0 spiro atoms. The zero-order chi connectivity index (χ0) is 15.1. The van der Waals surface area contributed by atoms with Crippen molar-refractivity contribution in [3.8, 4) is 0 Å². The van der Waals surface area contributed by atoms with E-state index in [9.17, 15) is 4.79 Å². The molecule has 1 amide bonds. The van der Waals surface area contributed by atoms with E-state index in [0.717, 1.165) is 18.9 Å². The Hall–Kier alpha value is -0.650. The van der Waals surface area contributed by atoms with E-state index in [2.05, 4.69) is 4.90 Å². The predicted octanol–water partition coefficient (Wildman–Crippen LogP) is 1.11. The SMILES string of the molecule is CN(CCO)C[C@H]1COCCN1C(=O)CCC1CCCC1. The molecule has 1 heterocycles. The monoisotopic (exact) mass is 298 g/mol. The van der Waals surface area contributed by atoms with E-state index in [-0.39, 0.29) is 18.6 Å². The molecule has 2 aliphatic rings. The number of aliphatic hydroxyl groups is 1. The normalized spacial score (nSPS) is 24.0. The fourth-order valence-corrected chi connectivity index (χ4v) is 3.53. The molecule has 0 bridgehead atoms. The first-order chi connectivity index (χ1) is 10.2. The van der Waals surface area contributed by atoms with Gasteiger partial charge in [-0.25, -0.2) is 0 Å². The summed E-state index contributed by atoms with van der Waals surface area (Å²) in [6.07, 6.45) is 7.02. The third kappa shape index (κ3) is 5.24. The van der Waals surface area contributed by atoms with Crippen LogP contribution in [0.1, 0.15) is 38.5 Å². The highest BCUT2D eigenvalue weighted by atomic mass is 16.5. The van der Waals surface area contributed by atoms with Gasteiger partial charge in [0.25, 0.3) is 0 Å². The molecule has 1 aliphatic heterocycles. The van der Waals surface area contributed by atoms with Crippen molar-refractivity contribution in [3.63, 3.8) is 0 Å². The number of morpholine rings is 1. The number of rotatable bonds is 7. The largest absolute Gasteiger partial charge is 0.395 e. The lowest BCUT2D eigenvalue weighted by molar-refractivity contribution is -0.140. The van der Waals surface area contributed by atoms with Crippen molar-refractivity contribution in [2.75, 3.05) is 46.5 Å². The molecule has 0 aromatic heterocycles. The summed E-state index contributed by atoms with van der Waals surface area (Å²) in [6, 6.07) is 0.131. The van der Waals surface area contributed by atoms with Crippen LogP contribution in [0.5, 0.6) is 0 Å². The Morgan fingerprint density at radius 1 is 1.38 bits per heavy atom. The molecule has 0 aromatic carbocycles. The van der Waals surface area contributed by atoms with Crippen LogP contribution in [-0.2, 0) is 9.53 Å². The fourth-order valence-electron chi connectivity index (χ4n) is 3.53. The van der Waals surface area contributed by atoms with Crippen LogP contribution < -0.4 is 0 Å². The standard InChI is InChI=1S/C16H30N2O3/c1-17(8-10-19)12-15-13-21-11-9-18(15)16(20)7-6-14-4-2-3-5-14/h14-15,19H,2-13H2,1H3/t15-/m0/s1. The minimum absolute atomic E-state index is 0.131. The Labute approximate surface area is 128 Å². The number of nitrogens with zero attached hydrogens (tertiary/aromatic N) is 2. The van der Waals surface area contributed by atoms with Crippen LogP contribution in [0.3, 0.4) is 0 Å². The van der Waals surface area contributed by atoms with Gasteiger partial charge in [0.15, 0.2) is 0 Å². The molecule has 1 saturated carbocycles. The van der Waals surface area contributed by atoms with Crippen molar-refractivity contribution in [2.24, 2.45) is 5.92 Å². The molecular weight excluding hydrogens is 268 g/mol. The molecule has 1 N–H and O–H groups in total. The highest BCUT2D eigenvalue weighted by molar-refractivity contribution is 5.76. The first-order valence-corrected chi connectivity index (χ1v) is 8.37. The van der Waals surface area contributed by atoms with Gasteiger partial charge in [-0.2, -0.15) is 0 Å². The summed E-state index contributed by atoms with van der Waals surface area (Å²) in [5.41, 5.74) is 0. The summed E-state index contributed by atoms with van der Waals surface area (Å²) in [4.78, 5) is 16.6. The highest BCUT2D eigenvalue weighted by Gasteiger charge is 2.28. The van der Waals surface area contributed by atoms with Crippen molar-refractivity contribution >= 4 is 5.91 Å². The second-order valence-corrected chi connectivity index (χ2v) is 6.49. The number of carbonyl (C=O) groups excluding carboxylic acids is 1. The maximum atomic E-state index is 12.5. The first-order valence-electron chi connectivity index (χ1n) is 8.37. The molecular formula is C16H30N2O3. The predicted molar refractivity (Wildman–Crippen MR) is 82.1 cm³/mol. The van der Waals surface area contributed by atoms with Gasteiger partial charge in [-0.1, -0.05) is 25.7 Å². The van der Waals surface area contributed by atoms with E-state index in [1.807, 2.05) is 11.9 Å². The van der Waals surface area contributed by atoms with Crippen LogP contribution in [0, 0.1) is 5.92 Å². The number of hydrogen-bond acceptors (Lipinski definition) is 4. The van der Waals surface area contributed by atoms with E-state index in [1.54, 1.807) is 0 Å². The molecule has 1 atom stereocenters. The molecule has 5 heteroatoms. The zero-order valence-electron chi connectivity index (χ0n) is 13.3. The van der Waals surface area contributed by atoms with Crippen LogP contribution in [-0.4, -0.2) is 73.4 Å². The van der Waals surface area contributed by atoms with Crippen LogP contribution in [0.4, 0.5) is 0 Å². The van der Waals surface area contributed by atoms with Crippen LogP contribution in [0.15, 0.2) is 0 Å². The zero-order valence-corrected chi connectivity index (χ0v) is 13.3. The van der Waals surface area contributed by atoms with Gasteiger partial charge in [0, 0.05) is 26.1 Å². The van der Waals surface area contributed by atoms with Gasteiger partial charge in [0.1, 0.15) is 0 Å². The van der Waals surface area contributed by atoms with Gasteiger partial charge >= 0.3 is 0 Å². The van der Waals surface area contributed by atoms with Crippen molar-refractivity contribution in [1.82, 2.24) is 9.80 Å². The van der Waals surface area contributed by atoms with E-state index in [0.29, 0.717) is 32.7 Å². The second-order valence-electron chi connectivity index (χ2n) is 6.49. The number of ether oxygens (including phenoxy) is 1. The quantitative estimate of drug-likeness (QED) is 0.765. The molecule has 0 unspecified atom stereocenters. The summed E-state index contributed by atoms with van der Waals surface area (Å²) in [7, 11) is 1.98. The van der Waals surface area contributed by atoms with Gasteiger partial charge in [0.05, 0.1) is 25.9 Å². The van der Waals surface area contributed by atoms with Crippen molar-refractivity contribution in [1.29, 1.82) is 0 Å². The summed E-state index contributed by atoms with van der Waals surface area (Å²) in [5, 5.41) is 8.99. The Morgan fingerprint density at radius 2 is 2.14 bits per heavy atom. The topological polar surface area (TPSA) is 53.0 Å². The van der Waals surface area contributed by atoms with Crippen LogP contribution in [0.25, 0.3) is 0 Å².